The summed E-state index contributed by atoms with van der Waals surface area (Å²) >= 11 is 12.0. The van der Waals surface area contributed by atoms with Gasteiger partial charge in [-0.2, -0.15) is 0 Å². The third-order valence-corrected chi connectivity index (χ3v) is 4.02. The van der Waals surface area contributed by atoms with Crippen molar-refractivity contribution in [1.29, 1.82) is 0 Å². The number of nitrogens with zero attached hydrogens (tertiary/aromatic N) is 1. The minimum absolute atomic E-state index is 0.0774. The van der Waals surface area contributed by atoms with Crippen LogP contribution in [0.2, 0.25) is 10.0 Å². The second-order valence-corrected chi connectivity index (χ2v) is 5.90. The molecule has 1 amide bonds. The highest BCUT2D eigenvalue weighted by atomic mass is 35.5. The lowest BCUT2D eigenvalue weighted by molar-refractivity contribution is -0.126. The first-order valence-corrected chi connectivity index (χ1v) is 7.15. The standard InChI is InChI=1S/C15H17Cl2NO/c1-10(2)8-15(19)18-7-3-4-14(18)11-5-6-12(16)13(17)9-11/h5-6,8-9,14H,3-4,7H2,1-2H3. The largest absolute Gasteiger partial charge is 0.332 e. The van der Waals surface area contributed by atoms with Gasteiger partial charge in [0.2, 0.25) is 5.91 Å². The quantitative estimate of drug-likeness (QED) is 0.729. The molecule has 0 spiro atoms. The van der Waals surface area contributed by atoms with E-state index in [1.54, 1.807) is 12.1 Å². The van der Waals surface area contributed by atoms with E-state index in [1.807, 2.05) is 30.9 Å². The first-order chi connectivity index (χ1) is 8.99. The summed E-state index contributed by atoms with van der Waals surface area (Å²) in [5, 5.41) is 1.09. The van der Waals surface area contributed by atoms with Crippen molar-refractivity contribution in [2.75, 3.05) is 6.54 Å². The highest BCUT2D eigenvalue weighted by Gasteiger charge is 2.29. The van der Waals surface area contributed by atoms with Gasteiger partial charge >= 0.3 is 0 Å². The molecule has 1 fully saturated rings. The van der Waals surface area contributed by atoms with E-state index in [9.17, 15) is 4.79 Å². The highest BCUT2D eigenvalue weighted by Crippen LogP contribution is 2.35. The fourth-order valence-corrected chi connectivity index (χ4v) is 2.73. The van der Waals surface area contributed by atoms with Crippen LogP contribution in [0.15, 0.2) is 29.8 Å². The van der Waals surface area contributed by atoms with Crippen LogP contribution in [0.25, 0.3) is 0 Å². The van der Waals surface area contributed by atoms with Gasteiger partial charge in [0.1, 0.15) is 0 Å². The van der Waals surface area contributed by atoms with E-state index < -0.39 is 0 Å². The van der Waals surface area contributed by atoms with Gasteiger partial charge in [-0.3, -0.25) is 4.79 Å². The molecule has 1 aromatic carbocycles. The lowest BCUT2D eigenvalue weighted by Gasteiger charge is -2.24. The van der Waals surface area contributed by atoms with Gasteiger partial charge in [0.25, 0.3) is 0 Å². The van der Waals surface area contributed by atoms with Crippen LogP contribution in [-0.2, 0) is 4.79 Å². The number of hydrogen-bond donors (Lipinski definition) is 0. The molecule has 0 aliphatic carbocycles. The number of amides is 1. The normalized spacial score (nSPS) is 18.5. The molecule has 19 heavy (non-hydrogen) atoms. The topological polar surface area (TPSA) is 20.3 Å². The number of allylic oxidation sites excluding steroid dienone is 1. The average molecular weight is 298 g/mol. The number of rotatable bonds is 2. The zero-order chi connectivity index (χ0) is 14.0. The first kappa shape index (κ1) is 14.4. The number of halogens is 2. The molecule has 102 valence electrons. The van der Waals surface area contributed by atoms with Crippen LogP contribution in [0, 0.1) is 0 Å². The van der Waals surface area contributed by atoms with Crippen LogP contribution in [0.3, 0.4) is 0 Å². The van der Waals surface area contributed by atoms with Crippen molar-refractivity contribution in [2.45, 2.75) is 32.7 Å². The molecule has 2 nitrogen and oxygen atoms in total. The summed E-state index contributed by atoms with van der Waals surface area (Å²) < 4.78 is 0. The number of carbonyl (C=O) groups excluding carboxylic acids is 1. The second kappa shape index (κ2) is 5.98. The summed E-state index contributed by atoms with van der Waals surface area (Å²) in [5.74, 6) is 0.0774. The van der Waals surface area contributed by atoms with E-state index in [0.29, 0.717) is 10.0 Å². The maximum absolute atomic E-state index is 12.2. The Morgan fingerprint density at radius 3 is 2.68 bits per heavy atom. The van der Waals surface area contributed by atoms with Gasteiger partial charge in [-0.15, -0.1) is 0 Å². The van der Waals surface area contributed by atoms with Crippen LogP contribution in [-0.4, -0.2) is 17.4 Å². The highest BCUT2D eigenvalue weighted by molar-refractivity contribution is 6.42. The third kappa shape index (κ3) is 3.31. The van der Waals surface area contributed by atoms with Crippen molar-refractivity contribution in [3.8, 4) is 0 Å². The monoisotopic (exact) mass is 297 g/mol. The summed E-state index contributed by atoms with van der Waals surface area (Å²) in [6, 6.07) is 5.72. The molecule has 0 bridgehead atoms. The Bertz CT molecular complexity index is 521. The summed E-state index contributed by atoms with van der Waals surface area (Å²) in [6.07, 6.45) is 3.68. The molecule has 0 aromatic heterocycles. The molecule has 1 aromatic rings. The fraction of sp³-hybridized carbons (Fsp3) is 0.400. The van der Waals surface area contributed by atoms with E-state index in [-0.39, 0.29) is 11.9 Å². The average Bonchev–Trinajstić information content (AvgIpc) is 2.81. The first-order valence-electron chi connectivity index (χ1n) is 6.39. The van der Waals surface area contributed by atoms with Gasteiger partial charge < -0.3 is 4.90 Å². The summed E-state index contributed by atoms with van der Waals surface area (Å²) in [7, 11) is 0. The Balaban J connectivity index is 2.25. The minimum Gasteiger partial charge on any atom is -0.332 e. The van der Waals surface area contributed by atoms with Gasteiger partial charge in [0.15, 0.2) is 0 Å². The molecule has 1 aliphatic heterocycles. The van der Waals surface area contributed by atoms with E-state index in [2.05, 4.69) is 0 Å². The molecule has 1 unspecified atom stereocenters. The maximum atomic E-state index is 12.2. The molecule has 2 rings (SSSR count). The van der Waals surface area contributed by atoms with Gasteiger partial charge in [0.05, 0.1) is 16.1 Å². The molecule has 0 N–H and O–H groups in total. The van der Waals surface area contributed by atoms with Crippen LogP contribution in [0.5, 0.6) is 0 Å². The molecule has 1 heterocycles. The number of benzene rings is 1. The van der Waals surface area contributed by atoms with Crippen molar-refractivity contribution in [3.05, 3.63) is 45.5 Å². The van der Waals surface area contributed by atoms with E-state index in [4.69, 9.17) is 23.2 Å². The summed E-state index contributed by atoms with van der Waals surface area (Å²) in [6.45, 7) is 4.66. The molecule has 4 heteroatoms. The number of carbonyl (C=O) groups is 1. The lowest BCUT2D eigenvalue weighted by Crippen LogP contribution is -2.29. The van der Waals surface area contributed by atoms with Gasteiger partial charge in [-0.05, 0) is 44.4 Å². The lowest BCUT2D eigenvalue weighted by atomic mass is 10.0. The Hall–Kier alpha value is -0.990. The Labute approximate surface area is 124 Å². The van der Waals surface area contributed by atoms with E-state index in [1.165, 1.54) is 0 Å². The Kier molecular flexibility index (Phi) is 4.54. The second-order valence-electron chi connectivity index (χ2n) is 5.08. The summed E-state index contributed by atoms with van der Waals surface area (Å²) in [4.78, 5) is 14.1. The van der Waals surface area contributed by atoms with Gasteiger partial charge in [-0.25, -0.2) is 0 Å². The Morgan fingerprint density at radius 1 is 1.32 bits per heavy atom. The third-order valence-electron chi connectivity index (χ3n) is 3.28. The van der Waals surface area contributed by atoms with Crippen molar-refractivity contribution < 1.29 is 4.79 Å². The number of hydrogen-bond acceptors (Lipinski definition) is 1. The van der Waals surface area contributed by atoms with Gasteiger partial charge in [-0.1, -0.05) is 34.8 Å². The molecule has 1 saturated heterocycles. The van der Waals surface area contributed by atoms with Crippen molar-refractivity contribution in [3.63, 3.8) is 0 Å². The predicted molar refractivity (Wildman–Crippen MR) is 79.6 cm³/mol. The van der Waals surface area contributed by atoms with Crippen LogP contribution < -0.4 is 0 Å². The zero-order valence-corrected chi connectivity index (χ0v) is 12.6. The Morgan fingerprint density at radius 2 is 2.05 bits per heavy atom. The van der Waals surface area contributed by atoms with Crippen LogP contribution in [0.4, 0.5) is 0 Å². The molecule has 1 aliphatic rings. The van der Waals surface area contributed by atoms with Crippen molar-refractivity contribution >= 4 is 29.1 Å². The van der Waals surface area contributed by atoms with Crippen molar-refractivity contribution in [2.24, 2.45) is 0 Å². The predicted octanol–water partition coefficient (Wildman–Crippen LogP) is 4.62. The zero-order valence-electron chi connectivity index (χ0n) is 11.1. The van der Waals surface area contributed by atoms with E-state index >= 15 is 0 Å². The summed E-state index contributed by atoms with van der Waals surface area (Å²) in [5.41, 5.74) is 2.08. The minimum atomic E-state index is 0.0774. The fourth-order valence-electron chi connectivity index (χ4n) is 2.43. The smallest absolute Gasteiger partial charge is 0.246 e. The van der Waals surface area contributed by atoms with Crippen LogP contribution >= 0.6 is 23.2 Å². The molecule has 1 atom stereocenters. The SMILES string of the molecule is CC(C)=CC(=O)N1CCCC1c1ccc(Cl)c(Cl)c1. The van der Waals surface area contributed by atoms with Gasteiger partial charge in [0, 0.05) is 12.6 Å². The molecule has 0 radical (unpaired) electrons. The molecule has 0 saturated carbocycles. The maximum Gasteiger partial charge on any atom is 0.246 e. The molecular weight excluding hydrogens is 281 g/mol. The molecular formula is C15H17Cl2NO. The van der Waals surface area contributed by atoms with Crippen molar-refractivity contribution in [1.82, 2.24) is 4.90 Å². The number of likely N-dealkylation sites (tertiary alicyclic amines) is 1. The van der Waals surface area contributed by atoms with Crippen LogP contribution in [0.1, 0.15) is 38.3 Å². The van der Waals surface area contributed by atoms with E-state index in [0.717, 1.165) is 30.5 Å².